The minimum absolute atomic E-state index is 0.453. The molecule has 0 saturated heterocycles. The van der Waals surface area contributed by atoms with Crippen molar-refractivity contribution in [2.24, 2.45) is 5.92 Å². The standard InChI is InChI=1S/C17H18Cl2N2/c1-11-6-13-4-2-3-5-16(13)21(9-11)10-12-7-14(18)17(20)15(19)8-12/h2-5,7-8,11H,6,9-10,20H2,1H3. The molecule has 2 aromatic rings. The maximum absolute atomic E-state index is 6.14. The Balaban J connectivity index is 1.92. The number of rotatable bonds is 2. The number of nitrogens with two attached hydrogens (primary N) is 1. The van der Waals surface area contributed by atoms with E-state index in [1.165, 1.54) is 11.3 Å². The van der Waals surface area contributed by atoms with Crippen LogP contribution in [-0.4, -0.2) is 6.54 Å². The minimum Gasteiger partial charge on any atom is -0.396 e. The first-order valence-electron chi connectivity index (χ1n) is 7.11. The van der Waals surface area contributed by atoms with Gasteiger partial charge in [-0.15, -0.1) is 0 Å². The number of nitrogens with zero attached hydrogens (tertiary/aromatic N) is 1. The van der Waals surface area contributed by atoms with Crippen LogP contribution in [0.5, 0.6) is 0 Å². The minimum atomic E-state index is 0.453. The SMILES string of the molecule is CC1Cc2ccccc2N(Cc2cc(Cl)c(N)c(Cl)c2)C1. The molecule has 0 fully saturated rings. The van der Waals surface area contributed by atoms with Gasteiger partial charge in [-0.2, -0.15) is 0 Å². The molecule has 1 unspecified atom stereocenters. The van der Waals surface area contributed by atoms with Crippen LogP contribution in [-0.2, 0) is 13.0 Å². The molecule has 0 amide bonds. The van der Waals surface area contributed by atoms with E-state index in [0.717, 1.165) is 25.1 Å². The molecule has 1 atom stereocenters. The molecule has 3 rings (SSSR count). The van der Waals surface area contributed by atoms with Crippen LogP contribution in [0.15, 0.2) is 36.4 Å². The number of hydrogen-bond donors (Lipinski definition) is 1. The van der Waals surface area contributed by atoms with Crippen molar-refractivity contribution in [1.82, 2.24) is 0 Å². The monoisotopic (exact) mass is 320 g/mol. The van der Waals surface area contributed by atoms with Gasteiger partial charge in [0.25, 0.3) is 0 Å². The Morgan fingerprint density at radius 1 is 1.19 bits per heavy atom. The summed E-state index contributed by atoms with van der Waals surface area (Å²) in [4.78, 5) is 2.39. The predicted molar refractivity (Wildman–Crippen MR) is 91.2 cm³/mol. The molecule has 4 heteroatoms. The lowest BCUT2D eigenvalue weighted by molar-refractivity contribution is 0.530. The van der Waals surface area contributed by atoms with Gasteiger partial charge in [-0.1, -0.05) is 48.3 Å². The molecule has 0 aliphatic carbocycles. The van der Waals surface area contributed by atoms with Crippen molar-refractivity contribution in [2.45, 2.75) is 19.9 Å². The van der Waals surface area contributed by atoms with Crippen molar-refractivity contribution in [3.63, 3.8) is 0 Å². The highest BCUT2D eigenvalue weighted by molar-refractivity contribution is 6.38. The Labute approximate surface area is 135 Å². The van der Waals surface area contributed by atoms with Gasteiger partial charge in [-0.05, 0) is 41.7 Å². The largest absolute Gasteiger partial charge is 0.396 e. The lowest BCUT2D eigenvalue weighted by Crippen LogP contribution is -2.33. The third-order valence-corrected chi connectivity index (χ3v) is 4.57. The smallest absolute Gasteiger partial charge is 0.0693 e. The van der Waals surface area contributed by atoms with Gasteiger partial charge in [-0.25, -0.2) is 0 Å². The van der Waals surface area contributed by atoms with Crippen molar-refractivity contribution in [3.05, 3.63) is 57.6 Å². The van der Waals surface area contributed by atoms with Crippen LogP contribution in [0.25, 0.3) is 0 Å². The Morgan fingerprint density at radius 2 is 1.86 bits per heavy atom. The molecule has 110 valence electrons. The van der Waals surface area contributed by atoms with Crippen molar-refractivity contribution in [2.75, 3.05) is 17.2 Å². The Bertz CT molecular complexity index is 647. The lowest BCUT2D eigenvalue weighted by atomic mass is 9.93. The summed E-state index contributed by atoms with van der Waals surface area (Å²) >= 11 is 12.3. The van der Waals surface area contributed by atoms with Crippen LogP contribution < -0.4 is 10.6 Å². The van der Waals surface area contributed by atoms with Gasteiger partial charge in [0.15, 0.2) is 0 Å². The van der Waals surface area contributed by atoms with E-state index in [9.17, 15) is 0 Å². The summed E-state index contributed by atoms with van der Waals surface area (Å²) in [6.07, 6.45) is 1.13. The third kappa shape index (κ3) is 2.97. The number of hydrogen-bond acceptors (Lipinski definition) is 2. The quantitative estimate of drug-likeness (QED) is 0.807. The van der Waals surface area contributed by atoms with E-state index >= 15 is 0 Å². The molecule has 21 heavy (non-hydrogen) atoms. The van der Waals surface area contributed by atoms with Crippen molar-refractivity contribution >= 4 is 34.6 Å². The topological polar surface area (TPSA) is 29.3 Å². The van der Waals surface area contributed by atoms with Gasteiger partial charge < -0.3 is 10.6 Å². The molecule has 0 spiro atoms. The summed E-state index contributed by atoms with van der Waals surface area (Å²) in [6, 6.07) is 12.4. The van der Waals surface area contributed by atoms with Crippen LogP contribution in [0.4, 0.5) is 11.4 Å². The summed E-state index contributed by atoms with van der Waals surface area (Å²) in [5.74, 6) is 0.639. The molecule has 2 nitrogen and oxygen atoms in total. The fourth-order valence-electron chi connectivity index (χ4n) is 3.00. The van der Waals surface area contributed by atoms with E-state index < -0.39 is 0 Å². The van der Waals surface area contributed by atoms with Gasteiger partial charge in [0.05, 0.1) is 15.7 Å². The summed E-state index contributed by atoms with van der Waals surface area (Å²) in [5, 5.41) is 1.05. The molecule has 0 bridgehead atoms. The average Bonchev–Trinajstić information content (AvgIpc) is 2.44. The van der Waals surface area contributed by atoms with Crippen LogP contribution in [0.2, 0.25) is 10.0 Å². The van der Waals surface area contributed by atoms with Crippen LogP contribution in [0.3, 0.4) is 0 Å². The number of para-hydroxylation sites is 1. The Morgan fingerprint density at radius 3 is 2.57 bits per heavy atom. The van der Waals surface area contributed by atoms with Gasteiger partial charge >= 0.3 is 0 Å². The van der Waals surface area contributed by atoms with Crippen LogP contribution >= 0.6 is 23.2 Å². The normalized spacial score (nSPS) is 17.7. The highest BCUT2D eigenvalue weighted by atomic mass is 35.5. The number of nitrogen functional groups attached to an aromatic ring is 1. The van der Waals surface area contributed by atoms with E-state index in [1.54, 1.807) is 0 Å². The fourth-order valence-corrected chi connectivity index (χ4v) is 3.54. The maximum Gasteiger partial charge on any atom is 0.0693 e. The molecule has 0 saturated carbocycles. The molecule has 1 aliphatic heterocycles. The number of anilines is 2. The summed E-state index contributed by atoms with van der Waals surface area (Å²) in [6.45, 7) is 4.11. The zero-order valence-corrected chi connectivity index (χ0v) is 13.5. The van der Waals surface area contributed by atoms with Crippen molar-refractivity contribution in [3.8, 4) is 0 Å². The molecule has 0 aromatic heterocycles. The predicted octanol–water partition coefficient (Wildman–Crippen LogP) is 4.77. The van der Waals surface area contributed by atoms with E-state index in [4.69, 9.17) is 28.9 Å². The summed E-state index contributed by atoms with van der Waals surface area (Å²) in [7, 11) is 0. The highest BCUT2D eigenvalue weighted by Crippen LogP contribution is 2.33. The zero-order valence-electron chi connectivity index (χ0n) is 11.9. The second-order valence-corrected chi connectivity index (χ2v) is 6.61. The Hall–Kier alpha value is -1.38. The first kappa shape index (κ1) is 14.6. The zero-order chi connectivity index (χ0) is 15.0. The van der Waals surface area contributed by atoms with Gasteiger partial charge in [-0.3, -0.25) is 0 Å². The lowest BCUT2D eigenvalue weighted by Gasteiger charge is -2.35. The van der Waals surface area contributed by atoms with Gasteiger partial charge in [0, 0.05) is 18.8 Å². The molecule has 1 heterocycles. The first-order chi connectivity index (χ1) is 10.0. The summed E-state index contributed by atoms with van der Waals surface area (Å²) < 4.78 is 0. The van der Waals surface area contributed by atoms with Crippen molar-refractivity contribution in [1.29, 1.82) is 0 Å². The number of benzene rings is 2. The van der Waals surface area contributed by atoms with Crippen LogP contribution in [0, 0.1) is 5.92 Å². The Kier molecular flexibility index (Phi) is 4.01. The van der Waals surface area contributed by atoms with Crippen molar-refractivity contribution < 1.29 is 0 Å². The van der Waals surface area contributed by atoms with E-state index in [1.807, 2.05) is 12.1 Å². The molecule has 1 aliphatic rings. The summed E-state index contributed by atoms with van der Waals surface area (Å²) in [5.41, 5.74) is 10.1. The number of fused-ring (bicyclic) bond motifs is 1. The third-order valence-electron chi connectivity index (χ3n) is 3.95. The van der Waals surface area contributed by atoms with Gasteiger partial charge in [0.1, 0.15) is 0 Å². The van der Waals surface area contributed by atoms with E-state index in [2.05, 4.69) is 36.1 Å². The highest BCUT2D eigenvalue weighted by Gasteiger charge is 2.21. The molecule has 2 aromatic carbocycles. The molecular weight excluding hydrogens is 303 g/mol. The first-order valence-corrected chi connectivity index (χ1v) is 7.86. The van der Waals surface area contributed by atoms with Crippen LogP contribution in [0.1, 0.15) is 18.1 Å². The maximum atomic E-state index is 6.14. The second kappa shape index (κ2) is 5.78. The average molecular weight is 321 g/mol. The van der Waals surface area contributed by atoms with E-state index in [0.29, 0.717) is 21.7 Å². The van der Waals surface area contributed by atoms with Gasteiger partial charge in [0.2, 0.25) is 0 Å². The molecule has 0 radical (unpaired) electrons. The number of halogens is 2. The molecule has 2 N–H and O–H groups in total. The second-order valence-electron chi connectivity index (χ2n) is 5.79. The fraction of sp³-hybridized carbons (Fsp3) is 0.294. The van der Waals surface area contributed by atoms with E-state index in [-0.39, 0.29) is 0 Å². The molecular formula is C17H18Cl2N2.